The predicted molar refractivity (Wildman–Crippen MR) is 104 cm³/mol. The highest BCUT2D eigenvalue weighted by Gasteiger charge is 2.13. The molecule has 2 aromatic carbocycles. The first-order valence-electron chi connectivity index (χ1n) is 8.33. The quantitative estimate of drug-likeness (QED) is 0.509. The first kappa shape index (κ1) is 17.5. The fourth-order valence-corrected chi connectivity index (χ4v) is 3.66. The Morgan fingerprint density at radius 3 is 2.32 bits per heavy atom. The van der Waals surface area contributed by atoms with Gasteiger partial charge in [0, 0.05) is 30.5 Å². The summed E-state index contributed by atoms with van der Waals surface area (Å²) in [5, 5.41) is 0.763. The maximum Gasteiger partial charge on any atom is 0.257 e. The summed E-state index contributed by atoms with van der Waals surface area (Å²) in [5.74, 6) is 0.803. The van der Waals surface area contributed by atoms with Crippen LogP contribution in [0, 0.1) is 13.8 Å². The molecule has 0 bridgehead atoms. The number of rotatable bonds is 5. The standard InChI is InChI=1S/C21H22N2OS/c1-15-9-11-17(12-10-15)13-19-16(2)22-21(23(3)20(19)24)25-14-18-7-5-4-6-8-18/h4-12H,13-14H2,1-3H3. The molecule has 3 nitrogen and oxygen atoms in total. The first-order valence-corrected chi connectivity index (χ1v) is 9.32. The van der Waals surface area contributed by atoms with Gasteiger partial charge < -0.3 is 0 Å². The number of hydrogen-bond acceptors (Lipinski definition) is 3. The molecule has 0 aliphatic rings. The van der Waals surface area contributed by atoms with Crippen LogP contribution in [-0.2, 0) is 19.2 Å². The third-order valence-electron chi connectivity index (χ3n) is 4.26. The number of aromatic nitrogens is 2. The van der Waals surface area contributed by atoms with Gasteiger partial charge in [-0.1, -0.05) is 71.9 Å². The zero-order chi connectivity index (χ0) is 17.8. The van der Waals surface area contributed by atoms with E-state index >= 15 is 0 Å². The van der Waals surface area contributed by atoms with Gasteiger partial charge in [0.05, 0.1) is 0 Å². The van der Waals surface area contributed by atoms with Crippen molar-refractivity contribution in [3.05, 3.63) is 92.9 Å². The molecule has 1 heterocycles. The Hall–Kier alpha value is -2.33. The molecule has 0 fully saturated rings. The third kappa shape index (κ3) is 4.20. The highest BCUT2D eigenvalue weighted by molar-refractivity contribution is 7.98. The molecule has 0 unspecified atom stereocenters. The van der Waals surface area contributed by atoms with E-state index in [1.54, 1.807) is 23.4 Å². The highest BCUT2D eigenvalue weighted by atomic mass is 32.2. The van der Waals surface area contributed by atoms with Crippen molar-refractivity contribution in [2.45, 2.75) is 31.2 Å². The lowest BCUT2D eigenvalue weighted by molar-refractivity contribution is 0.683. The number of hydrogen-bond donors (Lipinski definition) is 0. The van der Waals surface area contributed by atoms with Crippen LogP contribution in [0.3, 0.4) is 0 Å². The van der Waals surface area contributed by atoms with Crippen molar-refractivity contribution in [2.24, 2.45) is 7.05 Å². The van der Waals surface area contributed by atoms with Gasteiger partial charge in [-0.05, 0) is 25.0 Å². The Balaban J connectivity index is 1.83. The summed E-state index contributed by atoms with van der Waals surface area (Å²) in [5.41, 5.74) is 5.22. The molecular weight excluding hydrogens is 328 g/mol. The van der Waals surface area contributed by atoms with Crippen LogP contribution in [0.25, 0.3) is 0 Å². The average Bonchev–Trinajstić information content (AvgIpc) is 2.63. The Morgan fingerprint density at radius 2 is 1.64 bits per heavy atom. The van der Waals surface area contributed by atoms with E-state index in [-0.39, 0.29) is 5.56 Å². The van der Waals surface area contributed by atoms with Gasteiger partial charge in [-0.2, -0.15) is 0 Å². The third-order valence-corrected chi connectivity index (χ3v) is 5.36. The number of aryl methyl sites for hydroxylation is 2. The monoisotopic (exact) mass is 350 g/mol. The maximum absolute atomic E-state index is 12.8. The minimum absolute atomic E-state index is 0.0450. The van der Waals surface area contributed by atoms with Gasteiger partial charge in [-0.25, -0.2) is 4.98 Å². The largest absolute Gasteiger partial charge is 0.291 e. The van der Waals surface area contributed by atoms with Crippen LogP contribution >= 0.6 is 11.8 Å². The van der Waals surface area contributed by atoms with Crippen LogP contribution in [0.4, 0.5) is 0 Å². The van der Waals surface area contributed by atoms with Gasteiger partial charge in [0.25, 0.3) is 5.56 Å². The molecule has 4 heteroatoms. The lowest BCUT2D eigenvalue weighted by Crippen LogP contribution is -2.25. The van der Waals surface area contributed by atoms with E-state index in [4.69, 9.17) is 0 Å². The molecule has 0 spiro atoms. The normalized spacial score (nSPS) is 10.8. The zero-order valence-corrected chi connectivity index (χ0v) is 15.6. The second-order valence-corrected chi connectivity index (χ2v) is 7.20. The van der Waals surface area contributed by atoms with Crippen molar-refractivity contribution in [1.29, 1.82) is 0 Å². The van der Waals surface area contributed by atoms with Crippen molar-refractivity contribution in [3.63, 3.8) is 0 Å². The Kier molecular flexibility index (Phi) is 5.39. The van der Waals surface area contributed by atoms with Gasteiger partial charge in [0.15, 0.2) is 5.16 Å². The highest BCUT2D eigenvalue weighted by Crippen LogP contribution is 2.21. The first-order chi connectivity index (χ1) is 12.0. The molecule has 0 aliphatic heterocycles. The molecule has 0 aliphatic carbocycles. The molecule has 0 radical (unpaired) electrons. The number of thioether (sulfide) groups is 1. The second kappa shape index (κ2) is 7.70. The summed E-state index contributed by atoms with van der Waals surface area (Å²) in [6, 6.07) is 18.5. The van der Waals surface area contributed by atoms with Crippen molar-refractivity contribution in [3.8, 4) is 0 Å². The Labute approximate surface area is 152 Å². The van der Waals surface area contributed by atoms with Crippen LogP contribution in [-0.4, -0.2) is 9.55 Å². The van der Waals surface area contributed by atoms with Gasteiger partial charge in [0.1, 0.15) is 0 Å². The van der Waals surface area contributed by atoms with Gasteiger partial charge in [0.2, 0.25) is 0 Å². The molecule has 3 rings (SSSR count). The van der Waals surface area contributed by atoms with E-state index in [9.17, 15) is 4.79 Å². The number of nitrogens with zero attached hydrogens (tertiary/aromatic N) is 2. The van der Waals surface area contributed by atoms with Crippen LogP contribution in [0.5, 0.6) is 0 Å². The molecule has 3 aromatic rings. The van der Waals surface area contributed by atoms with E-state index in [1.165, 1.54) is 11.1 Å². The summed E-state index contributed by atoms with van der Waals surface area (Å²) in [4.78, 5) is 17.5. The predicted octanol–water partition coefficient (Wildman–Crippen LogP) is 4.28. The topological polar surface area (TPSA) is 34.9 Å². The van der Waals surface area contributed by atoms with Crippen LogP contribution < -0.4 is 5.56 Å². The van der Waals surface area contributed by atoms with Crippen LogP contribution in [0.2, 0.25) is 0 Å². The fraction of sp³-hybridized carbons (Fsp3) is 0.238. The van der Waals surface area contributed by atoms with Gasteiger partial charge in [-0.3, -0.25) is 9.36 Å². The average molecular weight is 350 g/mol. The molecule has 128 valence electrons. The van der Waals surface area contributed by atoms with E-state index in [1.807, 2.05) is 25.1 Å². The number of benzene rings is 2. The molecule has 0 atom stereocenters. The maximum atomic E-state index is 12.8. The van der Waals surface area contributed by atoms with Crippen molar-refractivity contribution in [1.82, 2.24) is 9.55 Å². The van der Waals surface area contributed by atoms with E-state index in [0.29, 0.717) is 6.42 Å². The van der Waals surface area contributed by atoms with E-state index in [0.717, 1.165) is 27.7 Å². The summed E-state index contributed by atoms with van der Waals surface area (Å²) >= 11 is 1.60. The summed E-state index contributed by atoms with van der Waals surface area (Å²) in [6.07, 6.45) is 0.620. The van der Waals surface area contributed by atoms with Crippen molar-refractivity contribution >= 4 is 11.8 Å². The lowest BCUT2D eigenvalue weighted by Gasteiger charge is -2.12. The van der Waals surface area contributed by atoms with Gasteiger partial charge >= 0.3 is 0 Å². The summed E-state index contributed by atoms with van der Waals surface area (Å²) < 4.78 is 1.67. The summed E-state index contributed by atoms with van der Waals surface area (Å²) in [7, 11) is 1.81. The fourth-order valence-electron chi connectivity index (χ4n) is 2.69. The SMILES string of the molecule is Cc1ccc(Cc2c(C)nc(SCc3ccccc3)n(C)c2=O)cc1. The molecule has 1 aromatic heterocycles. The van der Waals surface area contributed by atoms with Crippen molar-refractivity contribution in [2.75, 3.05) is 0 Å². The van der Waals surface area contributed by atoms with Gasteiger partial charge in [-0.15, -0.1) is 0 Å². The second-order valence-electron chi connectivity index (χ2n) is 6.26. The molecule has 0 saturated carbocycles. The molecular formula is C21H22N2OS. The molecule has 25 heavy (non-hydrogen) atoms. The minimum atomic E-state index is 0.0450. The molecule has 0 saturated heterocycles. The van der Waals surface area contributed by atoms with Crippen LogP contribution in [0.15, 0.2) is 64.5 Å². The lowest BCUT2D eigenvalue weighted by atomic mass is 10.0. The molecule has 0 amide bonds. The Bertz CT molecular complexity index is 915. The van der Waals surface area contributed by atoms with E-state index in [2.05, 4.69) is 48.3 Å². The zero-order valence-electron chi connectivity index (χ0n) is 14.8. The van der Waals surface area contributed by atoms with E-state index < -0.39 is 0 Å². The Morgan fingerprint density at radius 1 is 0.960 bits per heavy atom. The summed E-state index contributed by atoms with van der Waals surface area (Å²) in [6.45, 7) is 3.99. The van der Waals surface area contributed by atoms with Crippen molar-refractivity contribution < 1.29 is 0 Å². The van der Waals surface area contributed by atoms with Crippen LogP contribution in [0.1, 0.15) is 27.9 Å². The smallest absolute Gasteiger partial charge is 0.257 e. The minimum Gasteiger partial charge on any atom is -0.291 e. The molecule has 0 N–H and O–H groups in total.